The number of carbonyl (C=O) groups excluding carboxylic acids is 2. The number of aromatic nitrogens is 1. The Morgan fingerprint density at radius 1 is 0.973 bits per heavy atom. The summed E-state index contributed by atoms with van der Waals surface area (Å²) in [6, 6.07) is 13.6. The second-order valence-corrected chi connectivity index (χ2v) is 10.4. The van der Waals surface area contributed by atoms with E-state index < -0.39 is 0 Å². The lowest BCUT2D eigenvalue weighted by molar-refractivity contribution is -0.125. The number of nitrogens with zero attached hydrogens (tertiary/aromatic N) is 3. The number of aryl methyl sites for hydroxylation is 1. The average molecular weight is 522 g/mol. The Balaban J connectivity index is 1.21. The number of piperidine rings is 1. The Hall–Kier alpha value is -3.45. The molecule has 2 amide bonds. The van der Waals surface area contributed by atoms with Crippen molar-refractivity contribution in [3.8, 4) is 11.5 Å². The summed E-state index contributed by atoms with van der Waals surface area (Å²) < 4.78 is 12.6. The summed E-state index contributed by atoms with van der Waals surface area (Å²) in [5.41, 5.74) is 2.55. The van der Waals surface area contributed by atoms with E-state index in [0.717, 1.165) is 42.4 Å². The number of rotatable bonds is 5. The first kappa shape index (κ1) is 25.2. The second-order valence-electron chi connectivity index (χ2n) is 9.99. The molecule has 1 spiro atoms. The van der Waals surface area contributed by atoms with Gasteiger partial charge in [-0.15, -0.1) is 0 Å². The van der Waals surface area contributed by atoms with Crippen molar-refractivity contribution in [1.82, 2.24) is 14.4 Å². The monoisotopic (exact) mass is 521 g/mol. The fourth-order valence-electron chi connectivity index (χ4n) is 5.67. The van der Waals surface area contributed by atoms with Gasteiger partial charge in [-0.1, -0.05) is 29.8 Å². The van der Waals surface area contributed by atoms with Crippen molar-refractivity contribution in [2.45, 2.75) is 19.3 Å². The lowest BCUT2D eigenvalue weighted by Gasteiger charge is -2.39. The number of carbonyl (C=O) groups is 2. The van der Waals surface area contributed by atoms with Crippen LogP contribution in [0.5, 0.6) is 11.5 Å². The predicted molar refractivity (Wildman–Crippen MR) is 145 cm³/mol. The highest BCUT2D eigenvalue weighted by Gasteiger charge is 2.42. The smallest absolute Gasteiger partial charge is 0.270 e. The van der Waals surface area contributed by atoms with Crippen LogP contribution < -0.4 is 9.47 Å². The molecule has 2 saturated heterocycles. The van der Waals surface area contributed by atoms with Crippen molar-refractivity contribution < 1.29 is 19.1 Å². The zero-order chi connectivity index (χ0) is 26.2. The predicted octanol–water partition coefficient (Wildman–Crippen LogP) is 5.02. The van der Waals surface area contributed by atoms with E-state index >= 15 is 0 Å². The highest BCUT2D eigenvalue weighted by Crippen LogP contribution is 2.41. The topological polar surface area (TPSA) is 64.0 Å². The van der Waals surface area contributed by atoms with Crippen molar-refractivity contribution in [3.05, 3.63) is 64.8 Å². The van der Waals surface area contributed by atoms with E-state index in [2.05, 4.69) is 0 Å². The maximum Gasteiger partial charge on any atom is 0.270 e. The van der Waals surface area contributed by atoms with Gasteiger partial charge in [0.2, 0.25) is 5.91 Å². The number of halogens is 1. The molecule has 2 aromatic carbocycles. The molecule has 0 bridgehead atoms. The van der Waals surface area contributed by atoms with E-state index in [1.807, 2.05) is 51.7 Å². The third kappa shape index (κ3) is 4.68. The molecule has 7 nitrogen and oxygen atoms in total. The van der Waals surface area contributed by atoms with E-state index in [1.54, 1.807) is 31.4 Å². The molecule has 194 valence electrons. The van der Waals surface area contributed by atoms with Crippen LogP contribution >= 0.6 is 11.6 Å². The number of hydrogen-bond donors (Lipinski definition) is 0. The maximum atomic E-state index is 13.3. The van der Waals surface area contributed by atoms with Crippen LogP contribution in [0.15, 0.2) is 48.5 Å². The molecule has 2 aliphatic heterocycles. The average Bonchev–Trinajstić information content (AvgIpc) is 3.49. The van der Waals surface area contributed by atoms with Gasteiger partial charge in [-0.3, -0.25) is 9.59 Å². The van der Waals surface area contributed by atoms with Crippen LogP contribution in [0, 0.1) is 5.41 Å². The summed E-state index contributed by atoms with van der Waals surface area (Å²) in [5.74, 6) is 1.04. The van der Waals surface area contributed by atoms with Crippen LogP contribution in [0.3, 0.4) is 0 Å². The lowest BCUT2D eigenvalue weighted by Crippen LogP contribution is -2.45. The van der Waals surface area contributed by atoms with Gasteiger partial charge in [0.15, 0.2) is 11.5 Å². The van der Waals surface area contributed by atoms with Crippen LogP contribution in [-0.2, 0) is 11.8 Å². The van der Waals surface area contributed by atoms with Crippen molar-refractivity contribution in [2.24, 2.45) is 12.5 Å². The van der Waals surface area contributed by atoms with E-state index in [0.29, 0.717) is 41.7 Å². The van der Waals surface area contributed by atoms with Gasteiger partial charge in [-0.05, 0) is 60.6 Å². The molecule has 2 fully saturated rings. The lowest BCUT2D eigenvalue weighted by atomic mass is 9.77. The minimum Gasteiger partial charge on any atom is -0.493 e. The Labute approximate surface area is 222 Å². The third-order valence-corrected chi connectivity index (χ3v) is 8.34. The summed E-state index contributed by atoms with van der Waals surface area (Å²) in [4.78, 5) is 30.2. The number of fused-ring (bicyclic) bond motifs is 1. The van der Waals surface area contributed by atoms with Gasteiger partial charge >= 0.3 is 0 Å². The van der Waals surface area contributed by atoms with Crippen LogP contribution in [0.1, 0.15) is 35.3 Å². The summed E-state index contributed by atoms with van der Waals surface area (Å²) in [6.07, 6.45) is 6.06. The summed E-state index contributed by atoms with van der Waals surface area (Å²) in [7, 11) is 5.04. The summed E-state index contributed by atoms with van der Waals surface area (Å²) >= 11 is 6.45. The van der Waals surface area contributed by atoms with E-state index in [-0.39, 0.29) is 17.2 Å². The summed E-state index contributed by atoms with van der Waals surface area (Å²) in [6.45, 7) is 2.85. The second kappa shape index (κ2) is 10.1. The van der Waals surface area contributed by atoms with Crippen molar-refractivity contribution in [2.75, 3.05) is 40.4 Å². The number of amides is 2. The number of likely N-dealkylation sites (tertiary alicyclic amines) is 2. The molecule has 0 saturated carbocycles. The van der Waals surface area contributed by atoms with Gasteiger partial charge in [0.05, 0.1) is 19.2 Å². The van der Waals surface area contributed by atoms with E-state index in [4.69, 9.17) is 21.1 Å². The Morgan fingerprint density at radius 3 is 2.35 bits per heavy atom. The molecule has 0 radical (unpaired) electrons. The fraction of sp³-hybridized carbons (Fsp3) is 0.379. The maximum absolute atomic E-state index is 13.3. The zero-order valence-electron chi connectivity index (χ0n) is 21.5. The van der Waals surface area contributed by atoms with Crippen molar-refractivity contribution >= 4 is 40.4 Å². The fourth-order valence-corrected chi connectivity index (χ4v) is 5.97. The van der Waals surface area contributed by atoms with Gasteiger partial charge in [0.1, 0.15) is 5.69 Å². The zero-order valence-corrected chi connectivity index (χ0v) is 22.3. The molecular weight excluding hydrogens is 490 g/mol. The third-order valence-electron chi connectivity index (χ3n) is 7.95. The first-order chi connectivity index (χ1) is 17.9. The molecule has 5 rings (SSSR count). The molecule has 3 aromatic rings. The molecule has 0 N–H and O–H groups in total. The number of methoxy groups -OCH3 is 2. The van der Waals surface area contributed by atoms with Crippen LogP contribution in [0.4, 0.5) is 0 Å². The number of hydrogen-bond acceptors (Lipinski definition) is 4. The molecule has 3 heterocycles. The molecule has 2 aliphatic rings. The summed E-state index contributed by atoms with van der Waals surface area (Å²) in [5, 5.41) is 1.49. The van der Waals surface area contributed by atoms with Gasteiger partial charge in [0, 0.05) is 50.2 Å². The standard InChI is InChI=1S/C29H32ClN3O4/c1-31-22-7-5-4-6-21(22)18-23(31)28(35)32-15-12-29(13-16-32)14-17-33(19-29)25(34)11-9-20-8-10-24(36-2)27(37-3)26(20)30/h4-11,18H,12-17,19H2,1-3H3/b11-9+. The molecule has 0 atom stereocenters. The van der Waals surface area contributed by atoms with Crippen molar-refractivity contribution in [3.63, 3.8) is 0 Å². The SMILES string of the molecule is COc1ccc(/C=C/C(=O)N2CCC3(CCN(C(=O)c4cc5ccccc5n4C)CC3)C2)c(Cl)c1OC. The normalized spacial score (nSPS) is 17.2. The first-order valence-electron chi connectivity index (χ1n) is 12.6. The number of ether oxygens (including phenoxy) is 2. The molecule has 37 heavy (non-hydrogen) atoms. The van der Waals surface area contributed by atoms with Crippen LogP contribution in [-0.4, -0.2) is 66.6 Å². The minimum atomic E-state index is -0.0308. The Morgan fingerprint density at radius 2 is 1.68 bits per heavy atom. The first-order valence-corrected chi connectivity index (χ1v) is 12.9. The van der Waals surface area contributed by atoms with Crippen molar-refractivity contribution in [1.29, 1.82) is 0 Å². The molecule has 0 unspecified atom stereocenters. The molecule has 0 aliphatic carbocycles. The van der Waals surface area contributed by atoms with Crippen LogP contribution in [0.2, 0.25) is 5.02 Å². The number of para-hydroxylation sites is 1. The van der Waals surface area contributed by atoms with Gasteiger partial charge in [0.25, 0.3) is 5.91 Å². The molecule has 8 heteroatoms. The van der Waals surface area contributed by atoms with Gasteiger partial charge in [-0.2, -0.15) is 0 Å². The minimum absolute atomic E-state index is 0.0308. The van der Waals surface area contributed by atoms with Gasteiger partial charge in [-0.25, -0.2) is 0 Å². The number of benzene rings is 2. The van der Waals surface area contributed by atoms with E-state index in [9.17, 15) is 9.59 Å². The Bertz CT molecular complexity index is 1370. The van der Waals surface area contributed by atoms with E-state index in [1.165, 1.54) is 7.11 Å². The molecule has 1 aromatic heterocycles. The quantitative estimate of drug-likeness (QED) is 0.442. The van der Waals surface area contributed by atoms with Crippen LogP contribution in [0.25, 0.3) is 17.0 Å². The largest absolute Gasteiger partial charge is 0.493 e. The molecular formula is C29H32ClN3O4. The highest BCUT2D eigenvalue weighted by molar-refractivity contribution is 6.33. The highest BCUT2D eigenvalue weighted by atomic mass is 35.5. The van der Waals surface area contributed by atoms with Gasteiger partial charge < -0.3 is 23.8 Å². The Kier molecular flexibility index (Phi) is 6.90.